The van der Waals surface area contributed by atoms with Gasteiger partial charge in [-0.25, -0.2) is 0 Å². The van der Waals surface area contributed by atoms with Crippen molar-refractivity contribution in [2.75, 3.05) is 95.9 Å². The second kappa shape index (κ2) is 18.6. The molecule has 0 N–H and O–H groups in total. The van der Waals surface area contributed by atoms with Crippen LogP contribution in [0.2, 0.25) is 0 Å². The van der Waals surface area contributed by atoms with Gasteiger partial charge in [0.25, 0.3) is 0 Å². The number of anilines is 19. The number of fused-ring (bicyclic) bond motifs is 24. The van der Waals surface area contributed by atoms with Crippen LogP contribution in [0.1, 0.15) is 42.8 Å². The number of hydrogen-bond donors (Lipinski definition) is 0. The Labute approximate surface area is 507 Å². The molecular formula is C68H61N11Pt2. The van der Waals surface area contributed by atoms with E-state index in [1.807, 2.05) is 172 Å². The van der Waals surface area contributed by atoms with E-state index in [0.29, 0.717) is 84.8 Å². The van der Waals surface area contributed by atoms with E-state index in [-0.39, 0.29) is 0 Å². The van der Waals surface area contributed by atoms with Gasteiger partial charge in [-0.3, -0.25) is 0 Å². The van der Waals surface area contributed by atoms with Gasteiger partial charge in [0.1, 0.15) is 0 Å². The SMILES string of the molecule is [2H]C([2H])([2H])N1[C]2=[Pt]=[C]3N(c4cc(N(C)C)cc(c4)N(c4ccc(N5c6cccc(c6)N6[C](=[Pt]=[C]7N(c8cc5cc(C(C)(C)C)c8)c5ccccc5N7C([2H])([2H])[2H])N(C([2H])([2H])[2H])c5ccccc56)cc4)c4cccc(c4)N2c2ccccc21)c1ccccc1N3C([2H])([2H])[2H]. The molecule has 15 rings (SSSR count). The summed E-state index contributed by atoms with van der Waals surface area (Å²) in [5.41, 5.74) is 13.3. The third-order valence-electron chi connectivity index (χ3n) is 15.4. The van der Waals surface area contributed by atoms with Crippen LogP contribution >= 0.6 is 0 Å². The summed E-state index contributed by atoms with van der Waals surface area (Å²) in [6.45, 7) is -4.19. The van der Waals surface area contributed by atoms with E-state index in [9.17, 15) is 4.11 Å². The van der Waals surface area contributed by atoms with Gasteiger partial charge in [0.2, 0.25) is 0 Å². The summed E-state index contributed by atoms with van der Waals surface area (Å²) in [5, 5.41) is 0. The maximum absolute atomic E-state index is 9.20. The minimum absolute atomic E-state index is 0.424. The predicted octanol–water partition coefficient (Wildman–Crippen LogP) is 14.9. The van der Waals surface area contributed by atoms with Gasteiger partial charge in [-0.15, -0.1) is 0 Å². The predicted molar refractivity (Wildman–Crippen MR) is 337 cm³/mol. The van der Waals surface area contributed by atoms with Crippen molar-refractivity contribution in [1.82, 2.24) is 0 Å². The molecule has 0 saturated carbocycles. The van der Waals surface area contributed by atoms with E-state index in [4.69, 9.17) is 12.3 Å². The van der Waals surface area contributed by atoms with Crippen molar-refractivity contribution in [3.63, 3.8) is 0 Å². The van der Waals surface area contributed by atoms with Crippen LogP contribution < -0.4 is 53.9 Å². The quantitative estimate of drug-likeness (QED) is 0.170. The maximum atomic E-state index is 9.20. The fraction of sp³-hybridized carbons (Fsp3) is 0.147. The molecule has 0 unspecified atom stereocenters. The Kier molecular flexibility index (Phi) is 8.80. The zero-order chi connectivity index (χ0) is 65.2. The van der Waals surface area contributed by atoms with E-state index in [1.54, 1.807) is 6.07 Å². The zero-order valence-corrected chi connectivity index (χ0v) is 49.2. The molecule has 0 amide bonds. The topological polar surface area (TPSA) is 35.6 Å². The van der Waals surface area contributed by atoms with Gasteiger partial charge in [0, 0.05) is 0 Å². The number of nitrogens with zero attached hydrogens (tertiary/aromatic N) is 11. The Morgan fingerprint density at radius 2 is 0.593 bits per heavy atom. The standard InChI is InChI=1S/C68H61N11.2Pt/c1-68(2,3)48-36-56(76-46-72(8)62-26-12-16-30-66(62)76)42-58(37-48)78(53-22-18-20-51(38-53)74-44-70(6)60-24-10-14-28-64(60)74)49-32-34-50(35-33-49)79(54-23-19-21-52(39-54)75-45-71(7)61-25-11-15-29-65(61)75)59-41-55(69(4)5)40-57(43-59)77-47-73(9)63-27-13-17-31-67(63)77;;/h10-43H,1-9H3;;/i6D3,7D3,8D3,9D3;;. The fourth-order valence-electron chi connectivity index (χ4n) is 11.4. The Balaban J connectivity index is 0.973. The van der Waals surface area contributed by atoms with Crippen molar-refractivity contribution in [2.24, 2.45) is 0 Å². The average Bonchev–Trinajstić information content (AvgIpc) is 1.59. The Morgan fingerprint density at radius 3 is 0.926 bits per heavy atom. The molecule has 0 spiro atoms. The van der Waals surface area contributed by atoms with Crippen LogP contribution in [-0.2, 0) is 40.7 Å². The zero-order valence-electron chi connectivity index (χ0n) is 56.7. The third kappa shape index (κ3) is 7.76. The molecule has 6 heterocycles. The number of hydrogen-bond acceptors (Lipinski definition) is 11. The molecule has 9 aromatic rings. The van der Waals surface area contributed by atoms with Gasteiger partial charge in [0.05, 0.1) is 0 Å². The molecule has 0 aromatic heterocycles. The third-order valence-corrected chi connectivity index (χ3v) is 21.5. The van der Waals surface area contributed by atoms with Gasteiger partial charge in [-0.05, 0) is 0 Å². The molecular weight excluding hydrogens is 1360 g/mol. The van der Waals surface area contributed by atoms with Crippen LogP contribution in [0.4, 0.5) is 108 Å². The molecule has 6 aliphatic heterocycles. The van der Waals surface area contributed by atoms with Crippen LogP contribution in [-0.4, -0.2) is 58.6 Å². The van der Waals surface area contributed by atoms with Crippen molar-refractivity contribution < 1.29 is 51.7 Å². The number of rotatable bonds is 3. The van der Waals surface area contributed by atoms with Crippen molar-refractivity contribution in [2.45, 2.75) is 26.2 Å². The van der Waals surface area contributed by atoms with Crippen molar-refractivity contribution >= 4 is 125 Å². The summed E-state index contributed by atoms with van der Waals surface area (Å²) in [5.74, 6) is 0. The molecule has 0 aliphatic carbocycles. The molecule has 13 heteroatoms. The summed E-state index contributed by atoms with van der Waals surface area (Å²) in [6, 6.07) is 66.8. The molecule has 0 saturated heterocycles. The monoisotopic (exact) mass is 1430 g/mol. The Hall–Kier alpha value is -8.36. The molecule has 6 aliphatic rings. The first-order valence-corrected chi connectivity index (χ1v) is 31.0. The normalized spacial score (nSPS) is 18.8. The molecule has 9 aromatic carbocycles. The molecule has 81 heavy (non-hydrogen) atoms. The van der Waals surface area contributed by atoms with E-state index < -0.39 is 68.6 Å². The van der Waals surface area contributed by atoms with Gasteiger partial charge in [-0.1, -0.05) is 0 Å². The van der Waals surface area contributed by atoms with Crippen LogP contribution in [0.5, 0.6) is 0 Å². The fourth-order valence-corrected chi connectivity index (χ4v) is 17.7. The summed E-state index contributed by atoms with van der Waals surface area (Å²) in [6.07, 6.45) is 0. The number of benzene rings is 9. The van der Waals surface area contributed by atoms with Gasteiger partial charge < -0.3 is 0 Å². The summed E-state index contributed by atoms with van der Waals surface area (Å²) < 4.78 is 112. The van der Waals surface area contributed by atoms with E-state index in [0.717, 1.165) is 45.4 Å². The van der Waals surface area contributed by atoms with E-state index >= 15 is 0 Å². The summed E-state index contributed by atoms with van der Waals surface area (Å²) >= 11 is -3.37. The van der Waals surface area contributed by atoms with Crippen molar-refractivity contribution in [1.29, 1.82) is 0 Å². The molecule has 11 nitrogen and oxygen atoms in total. The van der Waals surface area contributed by atoms with Gasteiger partial charge in [0.15, 0.2) is 0 Å². The van der Waals surface area contributed by atoms with Gasteiger partial charge >= 0.3 is 510 Å². The summed E-state index contributed by atoms with van der Waals surface area (Å²) in [4.78, 5) is 20.1. The van der Waals surface area contributed by atoms with Crippen LogP contribution in [0.15, 0.2) is 206 Å². The first-order chi connectivity index (χ1) is 44.1. The first-order valence-electron chi connectivity index (χ1n) is 32.4. The Morgan fingerprint density at radius 1 is 0.309 bits per heavy atom. The van der Waals surface area contributed by atoms with Crippen molar-refractivity contribution in [3.05, 3.63) is 212 Å². The second-order valence-electron chi connectivity index (χ2n) is 21.6. The second-order valence-corrected chi connectivity index (χ2v) is 26.8. The number of para-hydroxylation sites is 8. The molecule has 408 valence electrons. The molecule has 0 atom stereocenters. The van der Waals surface area contributed by atoms with Crippen LogP contribution in [0.3, 0.4) is 0 Å². The minimum atomic E-state index is -2.67. The van der Waals surface area contributed by atoms with Gasteiger partial charge in [-0.2, -0.15) is 0 Å². The van der Waals surface area contributed by atoms with Crippen molar-refractivity contribution in [3.8, 4) is 0 Å². The molecule has 8 bridgehead atoms. The Bertz CT molecular complexity index is 4740. The molecule has 0 radical (unpaired) electrons. The van der Waals surface area contributed by atoms with E-state index in [2.05, 4.69) is 97.3 Å². The van der Waals surface area contributed by atoms with E-state index in [1.165, 1.54) is 19.6 Å². The average molecular weight is 1430 g/mol. The summed E-state index contributed by atoms with van der Waals surface area (Å²) in [7, 11) is 3.94. The van der Waals surface area contributed by atoms with Crippen LogP contribution in [0, 0.1) is 0 Å². The van der Waals surface area contributed by atoms with Crippen LogP contribution in [0.25, 0.3) is 0 Å². The molecule has 0 fully saturated rings. The first kappa shape index (κ1) is 38.3.